The number of hydrogen-bond donors (Lipinski definition) is 3. The highest BCUT2D eigenvalue weighted by Gasteiger charge is 2.08. The number of aliphatic hydroxyl groups is 1. The second-order valence-electron chi connectivity index (χ2n) is 4.24. The molecule has 0 saturated carbocycles. The van der Waals surface area contributed by atoms with Gasteiger partial charge in [0.05, 0.1) is 0 Å². The second kappa shape index (κ2) is 6.20. The van der Waals surface area contributed by atoms with E-state index in [-0.39, 0.29) is 24.0 Å². The molecule has 1 unspecified atom stereocenters. The number of rotatable bonds is 5. The minimum atomic E-state index is -0.279. The third kappa shape index (κ3) is 4.40. The maximum absolute atomic E-state index is 11.7. The van der Waals surface area contributed by atoms with E-state index in [9.17, 15) is 9.59 Å². The van der Waals surface area contributed by atoms with Crippen LogP contribution in [0.2, 0.25) is 0 Å². The lowest BCUT2D eigenvalue weighted by Gasteiger charge is -2.11. The van der Waals surface area contributed by atoms with Gasteiger partial charge < -0.3 is 15.4 Å². The minimum Gasteiger partial charge on any atom is -0.396 e. The van der Waals surface area contributed by atoms with Crippen LogP contribution in [-0.4, -0.2) is 29.1 Å². The maximum atomic E-state index is 11.7. The van der Waals surface area contributed by atoms with Crippen LogP contribution in [0, 0.1) is 12.8 Å². The molecule has 1 heterocycles. The van der Waals surface area contributed by atoms with Crippen LogP contribution in [0.25, 0.3) is 0 Å². The number of H-pyrrole nitrogens is 1. The van der Waals surface area contributed by atoms with E-state index in [1.807, 2.05) is 6.92 Å². The molecule has 5 heteroatoms. The number of aliphatic hydroxyl groups excluding tert-OH is 1. The summed E-state index contributed by atoms with van der Waals surface area (Å²) in [6.07, 6.45) is 0.648. The first kappa shape index (κ1) is 13.4. The molecule has 0 aliphatic carbocycles. The molecule has 0 aliphatic heterocycles. The summed E-state index contributed by atoms with van der Waals surface area (Å²) in [5.41, 5.74) is 0.743. The van der Waals surface area contributed by atoms with Gasteiger partial charge >= 0.3 is 0 Å². The van der Waals surface area contributed by atoms with E-state index in [1.165, 1.54) is 6.07 Å². The first-order valence-corrected chi connectivity index (χ1v) is 5.63. The molecule has 17 heavy (non-hydrogen) atoms. The molecule has 0 saturated heterocycles. The third-order valence-electron chi connectivity index (χ3n) is 2.47. The van der Waals surface area contributed by atoms with E-state index in [4.69, 9.17) is 5.11 Å². The van der Waals surface area contributed by atoms with E-state index in [0.29, 0.717) is 24.2 Å². The Morgan fingerprint density at radius 3 is 2.82 bits per heavy atom. The van der Waals surface area contributed by atoms with E-state index in [2.05, 4.69) is 10.3 Å². The average molecular weight is 238 g/mol. The van der Waals surface area contributed by atoms with Gasteiger partial charge in [0.15, 0.2) is 0 Å². The molecule has 94 valence electrons. The Bertz CT molecular complexity index is 440. The van der Waals surface area contributed by atoms with Gasteiger partial charge in [-0.2, -0.15) is 0 Å². The molecule has 0 radical (unpaired) electrons. The van der Waals surface area contributed by atoms with Gasteiger partial charge in [-0.15, -0.1) is 0 Å². The van der Waals surface area contributed by atoms with Gasteiger partial charge in [-0.05, 0) is 25.3 Å². The molecule has 1 amide bonds. The molecule has 5 nitrogen and oxygen atoms in total. The molecule has 0 aromatic carbocycles. The fraction of sp³-hybridized carbons (Fsp3) is 0.500. The van der Waals surface area contributed by atoms with Crippen LogP contribution in [0.5, 0.6) is 0 Å². The first-order valence-electron chi connectivity index (χ1n) is 5.63. The number of amides is 1. The Morgan fingerprint density at radius 2 is 2.24 bits per heavy atom. The molecular weight excluding hydrogens is 220 g/mol. The summed E-state index contributed by atoms with van der Waals surface area (Å²) in [5.74, 6) is -0.0453. The number of pyridine rings is 1. The normalized spacial score (nSPS) is 12.2. The quantitative estimate of drug-likeness (QED) is 0.695. The van der Waals surface area contributed by atoms with Crippen LogP contribution in [0.15, 0.2) is 16.9 Å². The number of nitrogens with one attached hydrogen (secondary N) is 2. The van der Waals surface area contributed by atoms with Crippen molar-refractivity contribution in [2.75, 3.05) is 13.2 Å². The van der Waals surface area contributed by atoms with Crippen molar-refractivity contribution in [3.05, 3.63) is 33.7 Å². The summed E-state index contributed by atoms with van der Waals surface area (Å²) in [7, 11) is 0. The lowest BCUT2D eigenvalue weighted by atomic mass is 10.1. The standard InChI is InChI=1S/C12H18N2O3/c1-8(3-4-15)7-13-12(17)10-5-9(2)14-11(16)6-10/h5-6,8,15H,3-4,7H2,1-2H3,(H,13,17)(H,14,16). The SMILES string of the molecule is Cc1cc(C(=O)NCC(C)CCO)cc(=O)[nH]1. The van der Waals surface area contributed by atoms with Crippen LogP contribution in [0.1, 0.15) is 29.4 Å². The Balaban J connectivity index is 2.61. The zero-order valence-electron chi connectivity index (χ0n) is 10.1. The monoisotopic (exact) mass is 238 g/mol. The topological polar surface area (TPSA) is 82.2 Å². The second-order valence-corrected chi connectivity index (χ2v) is 4.24. The summed E-state index contributed by atoms with van der Waals surface area (Å²) >= 11 is 0. The molecular formula is C12H18N2O3. The number of aromatic nitrogens is 1. The molecule has 0 bridgehead atoms. The van der Waals surface area contributed by atoms with Crippen molar-refractivity contribution in [1.82, 2.24) is 10.3 Å². The Hall–Kier alpha value is -1.62. The molecule has 3 N–H and O–H groups in total. The predicted molar refractivity (Wildman–Crippen MR) is 65.0 cm³/mol. The van der Waals surface area contributed by atoms with Crippen molar-refractivity contribution in [3.63, 3.8) is 0 Å². The smallest absolute Gasteiger partial charge is 0.251 e. The maximum Gasteiger partial charge on any atom is 0.251 e. The van der Waals surface area contributed by atoms with Gasteiger partial charge in [-0.3, -0.25) is 9.59 Å². The predicted octanol–water partition coefficient (Wildman–Crippen LogP) is 0.432. The van der Waals surface area contributed by atoms with Crippen molar-refractivity contribution >= 4 is 5.91 Å². The van der Waals surface area contributed by atoms with E-state index in [0.717, 1.165) is 0 Å². The van der Waals surface area contributed by atoms with E-state index < -0.39 is 0 Å². The number of carbonyl (C=O) groups excluding carboxylic acids is 1. The lowest BCUT2D eigenvalue weighted by Crippen LogP contribution is -2.29. The summed E-state index contributed by atoms with van der Waals surface area (Å²) in [6.45, 7) is 4.28. The zero-order valence-corrected chi connectivity index (χ0v) is 10.1. The molecule has 0 aliphatic rings. The highest BCUT2D eigenvalue weighted by Crippen LogP contribution is 2.01. The summed E-state index contributed by atoms with van der Waals surface area (Å²) in [5, 5.41) is 11.5. The van der Waals surface area contributed by atoms with Crippen molar-refractivity contribution in [3.8, 4) is 0 Å². The summed E-state index contributed by atoms with van der Waals surface area (Å²) in [6, 6.07) is 2.91. The van der Waals surface area contributed by atoms with Gasteiger partial charge in [0.2, 0.25) is 5.56 Å². The van der Waals surface area contributed by atoms with Crippen molar-refractivity contribution in [1.29, 1.82) is 0 Å². The van der Waals surface area contributed by atoms with Crippen LogP contribution < -0.4 is 10.9 Å². The Morgan fingerprint density at radius 1 is 1.53 bits per heavy atom. The summed E-state index contributed by atoms with van der Waals surface area (Å²) in [4.78, 5) is 25.5. The molecule has 0 spiro atoms. The van der Waals surface area contributed by atoms with Gasteiger partial charge in [0.1, 0.15) is 0 Å². The number of carbonyl (C=O) groups is 1. The van der Waals surface area contributed by atoms with Crippen molar-refractivity contribution in [2.45, 2.75) is 20.3 Å². The zero-order chi connectivity index (χ0) is 12.8. The van der Waals surface area contributed by atoms with E-state index in [1.54, 1.807) is 13.0 Å². The number of aromatic amines is 1. The van der Waals surface area contributed by atoms with Crippen LogP contribution in [0.3, 0.4) is 0 Å². The minimum absolute atomic E-state index is 0.112. The molecule has 1 aromatic heterocycles. The third-order valence-corrected chi connectivity index (χ3v) is 2.47. The fourth-order valence-electron chi connectivity index (χ4n) is 1.51. The van der Waals surface area contributed by atoms with Gasteiger partial charge in [-0.25, -0.2) is 0 Å². The van der Waals surface area contributed by atoms with Gasteiger partial charge in [-0.1, -0.05) is 6.92 Å². The lowest BCUT2D eigenvalue weighted by molar-refractivity contribution is 0.0945. The fourth-order valence-corrected chi connectivity index (χ4v) is 1.51. The largest absolute Gasteiger partial charge is 0.396 e. The van der Waals surface area contributed by atoms with E-state index >= 15 is 0 Å². The Kier molecular flexibility index (Phi) is 4.90. The molecule has 0 fully saturated rings. The van der Waals surface area contributed by atoms with Crippen LogP contribution in [0.4, 0.5) is 0 Å². The van der Waals surface area contributed by atoms with Crippen LogP contribution in [-0.2, 0) is 0 Å². The highest BCUT2D eigenvalue weighted by molar-refractivity contribution is 5.94. The number of hydrogen-bond acceptors (Lipinski definition) is 3. The average Bonchev–Trinajstić information content (AvgIpc) is 2.25. The van der Waals surface area contributed by atoms with Gasteiger partial charge in [0, 0.05) is 30.5 Å². The molecule has 1 rings (SSSR count). The molecule has 1 atom stereocenters. The van der Waals surface area contributed by atoms with Gasteiger partial charge in [0.25, 0.3) is 5.91 Å². The van der Waals surface area contributed by atoms with Crippen molar-refractivity contribution < 1.29 is 9.90 Å². The Labute approximate surface area is 99.9 Å². The highest BCUT2D eigenvalue weighted by atomic mass is 16.3. The molecule has 1 aromatic rings. The first-order chi connectivity index (χ1) is 8.02. The number of aryl methyl sites for hydroxylation is 1. The van der Waals surface area contributed by atoms with Crippen LogP contribution >= 0.6 is 0 Å². The van der Waals surface area contributed by atoms with Crippen molar-refractivity contribution in [2.24, 2.45) is 5.92 Å². The summed E-state index contributed by atoms with van der Waals surface area (Å²) < 4.78 is 0.